The third-order valence-corrected chi connectivity index (χ3v) is 3.75. The molecule has 1 fully saturated rings. The molecule has 1 N–H and O–H groups in total. The average molecular weight is 274 g/mol. The lowest BCUT2D eigenvalue weighted by atomic mass is 9.75. The van der Waals surface area contributed by atoms with Crippen LogP contribution in [-0.2, 0) is 0 Å². The molecule has 3 nitrogen and oxygen atoms in total. The number of hydrogen-bond donors (Lipinski definition) is 1. The van der Waals surface area contributed by atoms with Crippen LogP contribution in [0.25, 0.3) is 0 Å². The van der Waals surface area contributed by atoms with Crippen molar-refractivity contribution in [2.75, 3.05) is 5.32 Å². The smallest absolute Gasteiger partial charge is 0.174 e. The Kier molecular flexibility index (Phi) is 3.79. The molecule has 0 spiro atoms. The van der Waals surface area contributed by atoms with Crippen LogP contribution in [0.15, 0.2) is 6.07 Å². The van der Waals surface area contributed by atoms with Crippen LogP contribution < -0.4 is 5.32 Å². The minimum absolute atomic E-state index is 0.368. The van der Waals surface area contributed by atoms with Gasteiger partial charge in [-0.3, -0.25) is 0 Å². The zero-order valence-electron chi connectivity index (χ0n) is 10.1. The van der Waals surface area contributed by atoms with Crippen molar-refractivity contribution in [2.24, 2.45) is 5.41 Å². The van der Waals surface area contributed by atoms with Gasteiger partial charge in [-0.15, -0.1) is 10.2 Å². The third kappa shape index (κ3) is 3.46. The van der Waals surface area contributed by atoms with Crippen molar-refractivity contribution in [1.82, 2.24) is 10.2 Å². The molecule has 17 heavy (non-hydrogen) atoms. The van der Waals surface area contributed by atoms with Gasteiger partial charge < -0.3 is 5.32 Å². The number of aromatic nitrogens is 2. The molecule has 0 bridgehead atoms. The van der Waals surface area contributed by atoms with E-state index in [9.17, 15) is 0 Å². The Morgan fingerprint density at radius 2 is 2.12 bits per heavy atom. The zero-order valence-corrected chi connectivity index (χ0v) is 11.6. The van der Waals surface area contributed by atoms with Gasteiger partial charge in [-0.2, -0.15) is 0 Å². The fourth-order valence-electron chi connectivity index (χ4n) is 2.50. The van der Waals surface area contributed by atoms with Crippen LogP contribution in [0, 0.1) is 5.41 Å². The molecule has 1 aromatic heterocycles. The summed E-state index contributed by atoms with van der Waals surface area (Å²) in [7, 11) is 0. The topological polar surface area (TPSA) is 37.8 Å². The predicted molar refractivity (Wildman–Crippen MR) is 71.7 cm³/mol. The van der Waals surface area contributed by atoms with E-state index in [0.29, 0.717) is 21.8 Å². The lowest BCUT2D eigenvalue weighted by molar-refractivity contribution is 0.229. The third-order valence-electron chi connectivity index (χ3n) is 3.28. The molecule has 1 aliphatic carbocycles. The van der Waals surface area contributed by atoms with Crippen molar-refractivity contribution in [2.45, 2.75) is 45.6 Å². The highest BCUT2D eigenvalue weighted by atomic mass is 35.5. The maximum Gasteiger partial charge on any atom is 0.174 e. The zero-order chi connectivity index (χ0) is 12.5. The van der Waals surface area contributed by atoms with Gasteiger partial charge in [0.05, 0.1) is 5.69 Å². The maximum atomic E-state index is 5.99. The first-order valence-corrected chi connectivity index (χ1v) is 6.67. The van der Waals surface area contributed by atoms with Crippen LogP contribution in [-0.4, -0.2) is 16.2 Å². The summed E-state index contributed by atoms with van der Waals surface area (Å²) < 4.78 is 0. The number of halogens is 2. The van der Waals surface area contributed by atoms with Crippen LogP contribution in [0.2, 0.25) is 10.3 Å². The minimum atomic E-state index is 0.368. The highest BCUT2D eigenvalue weighted by Gasteiger charge is 2.28. The van der Waals surface area contributed by atoms with Crippen LogP contribution in [0.3, 0.4) is 0 Å². The highest BCUT2D eigenvalue weighted by Crippen LogP contribution is 2.37. The molecule has 2 rings (SSSR count). The molecule has 0 aliphatic heterocycles. The number of rotatable bonds is 2. The van der Waals surface area contributed by atoms with Crippen molar-refractivity contribution in [3.05, 3.63) is 16.4 Å². The Labute approximate surface area is 112 Å². The van der Waals surface area contributed by atoms with Gasteiger partial charge in [0.25, 0.3) is 0 Å². The molecule has 1 unspecified atom stereocenters. The summed E-state index contributed by atoms with van der Waals surface area (Å²) in [6.07, 6.45) is 4.84. The molecular formula is C12H17Cl2N3. The highest BCUT2D eigenvalue weighted by molar-refractivity contribution is 6.33. The van der Waals surface area contributed by atoms with Gasteiger partial charge in [0.15, 0.2) is 10.3 Å². The molecule has 1 saturated carbocycles. The summed E-state index contributed by atoms with van der Waals surface area (Å²) in [5, 5.41) is 11.7. The van der Waals surface area contributed by atoms with Crippen molar-refractivity contribution in [3.8, 4) is 0 Å². The van der Waals surface area contributed by atoms with E-state index in [1.807, 2.05) is 0 Å². The molecule has 0 saturated heterocycles. The van der Waals surface area contributed by atoms with Crippen LogP contribution in [0.1, 0.15) is 39.5 Å². The quantitative estimate of drug-likeness (QED) is 0.879. The normalized spacial score (nSPS) is 23.4. The fourth-order valence-corrected chi connectivity index (χ4v) is 2.79. The monoisotopic (exact) mass is 273 g/mol. The second kappa shape index (κ2) is 4.99. The number of anilines is 1. The Morgan fingerprint density at radius 3 is 2.82 bits per heavy atom. The molecule has 1 aromatic rings. The van der Waals surface area contributed by atoms with Crippen molar-refractivity contribution >= 4 is 28.9 Å². The minimum Gasteiger partial charge on any atom is -0.380 e. The SMILES string of the molecule is CC1(C)CCCC(Nc2cc(Cl)nnc2Cl)C1. The maximum absolute atomic E-state index is 5.99. The Balaban J connectivity index is 2.07. The Bertz CT molecular complexity index is 407. The van der Waals surface area contributed by atoms with Gasteiger partial charge in [0.2, 0.25) is 0 Å². The summed E-state index contributed by atoms with van der Waals surface area (Å²) >= 11 is 11.8. The Hall–Kier alpha value is -0.540. The predicted octanol–water partition coefficient (Wildman–Crippen LogP) is 4.16. The number of nitrogens with one attached hydrogen (secondary N) is 1. The molecule has 5 heteroatoms. The largest absolute Gasteiger partial charge is 0.380 e. The van der Waals surface area contributed by atoms with E-state index in [1.165, 1.54) is 19.3 Å². The van der Waals surface area contributed by atoms with Gasteiger partial charge in [-0.1, -0.05) is 43.5 Å². The molecule has 1 aliphatic rings. The summed E-state index contributed by atoms with van der Waals surface area (Å²) in [5.74, 6) is 0. The van der Waals surface area contributed by atoms with Gasteiger partial charge in [-0.05, 0) is 24.7 Å². The van der Waals surface area contributed by atoms with Gasteiger partial charge in [-0.25, -0.2) is 0 Å². The van der Waals surface area contributed by atoms with Gasteiger partial charge >= 0.3 is 0 Å². The van der Waals surface area contributed by atoms with E-state index < -0.39 is 0 Å². The van der Waals surface area contributed by atoms with E-state index in [-0.39, 0.29) is 0 Å². The van der Waals surface area contributed by atoms with Gasteiger partial charge in [0.1, 0.15) is 0 Å². The first-order valence-electron chi connectivity index (χ1n) is 5.91. The Morgan fingerprint density at radius 1 is 1.35 bits per heavy atom. The summed E-state index contributed by atoms with van der Waals surface area (Å²) in [5.41, 5.74) is 1.18. The second-order valence-corrected chi connectivity index (χ2v) is 6.22. The van der Waals surface area contributed by atoms with Crippen molar-refractivity contribution < 1.29 is 0 Å². The second-order valence-electron chi connectivity index (χ2n) is 5.47. The van der Waals surface area contributed by atoms with Crippen molar-refractivity contribution in [1.29, 1.82) is 0 Å². The molecule has 0 aromatic carbocycles. The number of hydrogen-bond acceptors (Lipinski definition) is 3. The molecule has 1 heterocycles. The molecule has 0 amide bonds. The fraction of sp³-hybridized carbons (Fsp3) is 0.667. The van der Waals surface area contributed by atoms with E-state index in [4.69, 9.17) is 23.2 Å². The van der Waals surface area contributed by atoms with Crippen LogP contribution >= 0.6 is 23.2 Å². The lowest BCUT2D eigenvalue weighted by Gasteiger charge is -2.36. The molecule has 94 valence electrons. The average Bonchev–Trinajstić information content (AvgIpc) is 2.22. The first kappa shape index (κ1) is 12.9. The molecule has 1 atom stereocenters. The van der Waals surface area contributed by atoms with Crippen LogP contribution in [0.5, 0.6) is 0 Å². The van der Waals surface area contributed by atoms with E-state index in [1.54, 1.807) is 6.07 Å². The van der Waals surface area contributed by atoms with Crippen molar-refractivity contribution in [3.63, 3.8) is 0 Å². The van der Waals surface area contributed by atoms with E-state index in [2.05, 4.69) is 29.4 Å². The lowest BCUT2D eigenvalue weighted by Crippen LogP contribution is -2.31. The molecule has 0 radical (unpaired) electrons. The summed E-state index contributed by atoms with van der Waals surface area (Å²) in [6.45, 7) is 4.61. The van der Waals surface area contributed by atoms with Gasteiger partial charge in [0, 0.05) is 12.1 Å². The van der Waals surface area contributed by atoms with E-state index in [0.717, 1.165) is 12.1 Å². The number of nitrogens with zero attached hydrogens (tertiary/aromatic N) is 2. The summed E-state index contributed by atoms with van der Waals surface area (Å²) in [4.78, 5) is 0. The van der Waals surface area contributed by atoms with Crippen LogP contribution in [0.4, 0.5) is 5.69 Å². The molecular weight excluding hydrogens is 257 g/mol. The first-order chi connectivity index (χ1) is 7.96. The standard InChI is InChI=1S/C12H17Cl2N3/c1-12(2)5-3-4-8(7-12)15-9-6-10(13)16-17-11(9)14/h6,8H,3-5,7H2,1-2H3,(H,15,16). The van der Waals surface area contributed by atoms with E-state index >= 15 is 0 Å². The summed E-state index contributed by atoms with van der Waals surface area (Å²) in [6, 6.07) is 2.18.